The molecule has 0 fully saturated rings. The normalized spacial score (nSPS) is 12.7. The van der Waals surface area contributed by atoms with Crippen molar-refractivity contribution in [2.75, 3.05) is 13.2 Å². The summed E-state index contributed by atoms with van der Waals surface area (Å²) in [6, 6.07) is 12.3. The number of aromatic nitrogens is 2. The Kier molecular flexibility index (Phi) is 8.29. The zero-order valence-corrected chi connectivity index (χ0v) is 20.1. The summed E-state index contributed by atoms with van der Waals surface area (Å²) in [7, 11) is 0. The van der Waals surface area contributed by atoms with E-state index in [-0.39, 0.29) is 0 Å². The maximum atomic E-state index is 10.6. The van der Waals surface area contributed by atoms with Crippen LogP contribution in [-0.2, 0) is 17.9 Å². The fraction of sp³-hybridized carbons (Fsp3) is 0.333. The second kappa shape index (κ2) is 11.0. The van der Waals surface area contributed by atoms with E-state index in [0.29, 0.717) is 31.5 Å². The third-order valence-electron chi connectivity index (χ3n) is 5.19. The van der Waals surface area contributed by atoms with Gasteiger partial charge in [-0.15, -0.1) is 0 Å². The van der Waals surface area contributed by atoms with Crippen molar-refractivity contribution in [1.29, 1.82) is 0 Å². The maximum Gasteiger partial charge on any atom is 0.490 e. The van der Waals surface area contributed by atoms with Crippen molar-refractivity contribution in [1.82, 2.24) is 15.1 Å². The predicted octanol–water partition coefficient (Wildman–Crippen LogP) is 5.15. The van der Waals surface area contributed by atoms with E-state index < -0.39 is 12.1 Å². The summed E-state index contributed by atoms with van der Waals surface area (Å²) in [6.07, 6.45) is -5.08. The zero-order chi connectivity index (χ0) is 25.8. The van der Waals surface area contributed by atoms with Crippen LogP contribution in [0.2, 0.25) is 5.15 Å². The van der Waals surface area contributed by atoms with Gasteiger partial charge in [-0.2, -0.15) is 18.3 Å². The molecular weight excluding hydrogens is 487 g/mol. The smallest absolute Gasteiger partial charge is 0.486 e. The number of nitrogens with one attached hydrogen (secondary N) is 1. The molecule has 3 aromatic rings. The number of carboxylic acid groups (broad SMARTS) is 1. The lowest BCUT2D eigenvalue weighted by atomic mass is 10.1. The molecule has 0 radical (unpaired) electrons. The first-order chi connectivity index (χ1) is 16.5. The Morgan fingerprint density at radius 2 is 1.74 bits per heavy atom. The number of rotatable bonds is 5. The van der Waals surface area contributed by atoms with Crippen LogP contribution in [0, 0.1) is 20.8 Å². The van der Waals surface area contributed by atoms with Crippen LogP contribution in [0.5, 0.6) is 11.5 Å². The Morgan fingerprint density at radius 3 is 2.40 bits per heavy atom. The molecule has 0 aliphatic carbocycles. The first kappa shape index (κ1) is 26.4. The number of aryl methyl sites for hydroxylation is 3. The van der Waals surface area contributed by atoms with Crippen LogP contribution in [-0.4, -0.2) is 40.2 Å². The number of alkyl halides is 3. The Balaban J connectivity index is 0.000000429. The summed E-state index contributed by atoms with van der Waals surface area (Å²) in [5.74, 6) is -1.14. The van der Waals surface area contributed by atoms with Crippen LogP contribution in [0.4, 0.5) is 13.2 Å². The van der Waals surface area contributed by atoms with Gasteiger partial charge in [0.15, 0.2) is 11.5 Å². The molecule has 0 atom stereocenters. The molecule has 4 rings (SSSR count). The number of ether oxygens (including phenoxy) is 2. The summed E-state index contributed by atoms with van der Waals surface area (Å²) >= 11 is 6.69. The van der Waals surface area contributed by atoms with E-state index in [2.05, 4.69) is 48.5 Å². The molecule has 2 heterocycles. The highest BCUT2D eigenvalue weighted by Gasteiger charge is 2.38. The summed E-state index contributed by atoms with van der Waals surface area (Å²) in [6.45, 7) is 8.69. The Morgan fingerprint density at radius 1 is 1.09 bits per heavy atom. The zero-order valence-electron chi connectivity index (χ0n) is 19.4. The highest BCUT2D eigenvalue weighted by molar-refractivity contribution is 6.30. The van der Waals surface area contributed by atoms with E-state index >= 15 is 0 Å². The second-order valence-corrected chi connectivity index (χ2v) is 8.30. The number of nitrogens with zero attached hydrogens (tertiary/aromatic N) is 2. The summed E-state index contributed by atoms with van der Waals surface area (Å²) in [5, 5.41) is 15.9. The molecular formula is C24H25ClF3N3O4. The number of hydrogen-bond acceptors (Lipinski definition) is 5. The van der Waals surface area contributed by atoms with Gasteiger partial charge in [-0.3, -0.25) is 0 Å². The quantitative estimate of drug-likeness (QED) is 0.493. The topological polar surface area (TPSA) is 85.6 Å². The van der Waals surface area contributed by atoms with Gasteiger partial charge in [-0.1, -0.05) is 29.8 Å². The molecule has 2 aromatic carbocycles. The SMILES string of the molecule is Cc1ccc(C)c(-n2nc(C)c(CNCc3ccc4c(c3)OCCO4)c2Cl)c1.O=C(O)C(F)(F)F. The van der Waals surface area contributed by atoms with Crippen LogP contribution >= 0.6 is 11.6 Å². The van der Waals surface area contributed by atoms with Gasteiger partial charge in [0.05, 0.1) is 11.4 Å². The molecule has 0 spiro atoms. The van der Waals surface area contributed by atoms with Gasteiger partial charge >= 0.3 is 12.1 Å². The van der Waals surface area contributed by atoms with Crippen LogP contribution < -0.4 is 14.8 Å². The molecule has 1 aromatic heterocycles. The van der Waals surface area contributed by atoms with E-state index in [1.807, 2.05) is 23.7 Å². The average Bonchev–Trinajstić information content (AvgIpc) is 3.08. The molecule has 0 saturated heterocycles. The molecule has 7 nitrogen and oxygen atoms in total. The van der Waals surface area contributed by atoms with E-state index in [1.54, 1.807) is 0 Å². The van der Waals surface area contributed by atoms with Gasteiger partial charge in [0, 0.05) is 18.7 Å². The number of carbonyl (C=O) groups is 1. The molecule has 0 unspecified atom stereocenters. The largest absolute Gasteiger partial charge is 0.490 e. The molecule has 1 aliphatic heterocycles. The van der Waals surface area contributed by atoms with E-state index in [9.17, 15) is 13.2 Å². The molecule has 11 heteroatoms. The molecule has 1 aliphatic rings. The minimum atomic E-state index is -5.08. The van der Waals surface area contributed by atoms with Crippen molar-refractivity contribution in [3.63, 3.8) is 0 Å². The van der Waals surface area contributed by atoms with Crippen LogP contribution in [0.25, 0.3) is 5.69 Å². The van der Waals surface area contributed by atoms with Gasteiger partial charge in [-0.25, -0.2) is 9.48 Å². The summed E-state index contributed by atoms with van der Waals surface area (Å²) in [5.41, 5.74) is 6.43. The molecule has 0 saturated carbocycles. The second-order valence-electron chi connectivity index (χ2n) is 7.94. The predicted molar refractivity (Wildman–Crippen MR) is 124 cm³/mol. The number of halogens is 4. The van der Waals surface area contributed by atoms with E-state index in [1.165, 1.54) is 5.56 Å². The lowest BCUT2D eigenvalue weighted by Gasteiger charge is -2.19. The summed E-state index contributed by atoms with van der Waals surface area (Å²) in [4.78, 5) is 8.90. The monoisotopic (exact) mass is 511 g/mol. The van der Waals surface area contributed by atoms with Gasteiger partial charge in [0.1, 0.15) is 18.4 Å². The van der Waals surface area contributed by atoms with Crippen molar-refractivity contribution >= 4 is 17.6 Å². The van der Waals surface area contributed by atoms with Gasteiger partial charge in [0.25, 0.3) is 0 Å². The molecule has 188 valence electrons. The molecule has 0 bridgehead atoms. The van der Waals surface area contributed by atoms with Gasteiger partial charge < -0.3 is 19.9 Å². The van der Waals surface area contributed by atoms with Crippen molar-refractivity contribution < 1.29 is 32.5 Å². The number of hydrogen-bond donors (Lipinski definition) is 2. The minimum absolute atomic E-state index is 0.593. The molecule has 2 N–H and O–H groups in total. The average molecular weight is 512 g/mol. The van der Waals surface area contributed by atoms with Crippen molar-refractivity contribution in [3.05, 3.63) is 69.5 Å². The first-order valence-corrected chi connectivity index (χ1v) is 11.1. The van der Waals surface area contributed by atoms with Gasteiger partial charge in [0.2, 0.25) is 0 Å². The Labute approximate surface area is 205 Å². The maximum absolute atomic E-state index is 10.6. The van der Waals surface area contributed by atoms with Crippen molar-refractivity contribution in [2.45, 2.75) is 40.0 Å². The fourth-order valence-electron chi connectivity index (χ4n) is 3.37. The number of fused-ring (bicyclic) bond motifs is 1. The molecule has 0 amide bonds. The standard InChI is InChI=1S/C22H24ClN3O2.C2HF3O2/c1-14-4-5-15(2)19(10-14)26-22(23)18(16(3)25-26)13-24-12-17-6-7-20-21(11-17)28-9-8-27-20;3-2(4,5)1(6)7/h4-7,10-11,24H,8-9,12-13H2,1-3H3;(H,6,7). The van der Waals surface area contributed by atoms with Crippen LogP contribution in [0.3, 0.4) is 0 Å². The van der Waals surface area contributed by atoms with Crippen LogP contribution in [0.15, 0.2) is 36.4 Å². The highest BCUT2D eigenvalue weighted by atomic mass is 35.5. The summed E-state index contributed by atoms with van der Waals surface area (Å²) < 4.78 is 44.8. The Bertz CT molecular complexity index is 1210. The van der Waals surface area contributed by atoms with Crippen LogP contribution in [0.1, 0.15) is 27.9 Å². The first-order valence-electron chi connectivity index (χ1n) is 10.7. The van der Waals surface area contributed by atoms with Crippen molar-refractivity contribution in [3.8, 4) is 17.2 Å². The lowest BCUT2D eigenvalue weighted by molar-refractivity contribution is -0.192. The number of aliphatic carboxylic acids is 1. The highest BCUT2D eigenvalue weighted by Crippen LogP contribution is 2.31. The van der Waals surface area contributed by atoms with Crippen molar-refractivity contribution in [2.24, 2.45) is 0 Å². The fourth-order valence-corrected chi connectivity index (χ4v) is 3.70. The Hall–Kier alpha value is -3.24. The van der Waals surface area contributed by atoms with E-state index in [0.717, 1.165) is 39.6 Å². The number of carboxylic acids is 1. The van der Waals surface area contributed by atoms with Gasteiger partial charge in [-0.05, 0) is 55.7 Å². The lowest BCUT2D eigenvalue weighted by Crippen LogP contribution is -2.21. The molecule has 35 heavy (non-hydrogen) atoms. The van der Waals surface area contributed by atoms with E-state index in [4.69, 9.17) is 31.0 Å². The minimum Gasteiger partial charge on any atom is -0.486 e. The third-order valence-corrected chi connectivity index (χ3v) is 5.58. The number of benzene rings is 2. The third kappa shape index (κ3) is 6.67.